The molecule has 0 saturated carbocycles. The zero-order valence-corrected chi connectivity index (χ0v) is 12.3. The monoisotopic (exact) mass is 327 g/mol. The number of nitrogens with zero attached hydrogens (tertiary/aromatic N) is 5. The molecule has 9 heteroatoms. The summed E-state index contributed by atoms with van der Waals surface area (Å²) in [6.07, 6.45) is -6.11. The van der Waals surface area contributed by atoms with E-state index in [4.69, 9.17) is 4.74 Å². The Bertz CT molecular complexity index is 631. The Hall–Kier alpha value is -2.00. The normalized spacial score (nSPS) is 19.9. The lowest BCUT2D eigenvalue weighted by molar-refractivity contribution is -0.237. The Morgan fingerprint density at radius 1 is 1.17 bits per heavy atom. The first-order chi connectivity index (χ1) is 11.0. The van der Waals surface area contributed by atoms with Gasteiger partial charge in [0, 0.05) is 13.1 Å². The molecule has 1 aromatic heterocycles. The third-order valence-electron chi connectivity index (χ3n) is 3.66. The fourth-order valence-corrected chi connectivity index (χ4v) is 2.46. The Morgan fingerprint density at radius 3 is 2.70 bits per heavy atom. The molecule has 23 heavy (non-hydrogen) atoms. The van der Waals surface area contributed by atoms with E-state index in [1.807, 2.05) is 30.3 Å². The van der Waals surface area contributed by atoms with Crippen LogP contribution >= 0.6 is 0 Å². The van der Waals surface area contributed by atoms with Gasteiger partial charge in [-0.3, -0.25) is 4.90 Å². The van der Waals surface area contributed by atoms with E-state index in [2.05, 4.69) is 15.5 Å². The predicted molar refractivity (Wildman–Crippen MR) is 74.4 cm³/mol. The lowest BCUT2D eigenvalue weighted by Crippen LogP contribution is -2.48. The summed E-state index contributed by atoms with van der Waals surface area (Å²) in [5, 5.41) is 11.5. The van der Waals surface area contributed by atoms with E-state index in [1.54, 1.807) is 9.58 Å². The van der Waals surface area contributed by atoms with Crippen LogP contribution in [0.3, 0.4) is 0 Å². The standard InChI is InChI=1S/C14H16F3N5O/c15-14(16,17)12-9-21(6-7-23-12)10-13-18-19-20-22(13)8-11-4-2-1-3-5-11/h1-5,12H,6-10H2. The molecule has 2 heterocycles. The van der Waals surface area contributed by atoms with E-state index in [0.717, 1.165) is 5.56 Å². The summed E-state index contributed by atoms with van der Waals surface area (Å²) < 4.78 is 44.7. The molecule has 1 atom stereocenters. The van der Waals surface area contributed by atoms with Crippen LogP contribution in [-0.4, -0.2) is 57.1 Å². The highest BCUT2D eigenvalue weighted by atomic mass is 19.4. The molecule has 6 nitrogen and oxygen atoms in total. The maximum Gasteiger partial charge on any atom is 0.415 e. The molecule has 1 aliphatic rings. The maximum atomic E-state index is 12.8. The van der Waals surface area contributed by atoms with Crippen LogP contribution in [0.5, 0.6) is 0 Å². The minimum absolute atomic E-state index is 0.0461. The molecule has 1 fully saturated rings. The molecule has 124 valence electrons. The summed E-state index contributed by atoms with van der Waals surface area (Å²) >= 11 is 0. The highest BCUT2D eigenvalue weighted by molar-refractivity contribution is 5.14. The predicted octanol–water partition coefficient (Wildman–Crippen LogP) is 1.48. The largest absolute Gasteiger partial charge is 0.415 e. The van der Waals surface area contributed by atoms with Gasteiger partial charge in [0.15, 0.2) is 11.9 Å². The summed E-state index contributed by atoms with van der Waals surface area (Å²) in [5.74, 6) is 0.539. The summed E-state index contributed by atoms with van der Waals surface area (Å²) in [6.45, 7) is 1.00. The number of aromatic nitrogens is 4. The van der Waals surface area contributed by atoms with E-state index in [1.165, 1.54) is 0 Å². The summed E-state index contributed by atoms with van der Waals surface area (Å²) in [6, 6.07) is 9.62. The summed E-state index contributed by atoms with van der Waals surface area (Å²) in [4.78, 5) is 1.66. The highest BCUT2D eigenvalue weighted by Gasteiger charge is 2.43. The van der Waals surface area contributed by atoms with Crippen molar-refractivity contribution in [3.8, 4) is 0 Å². The average molecular weight is 327 g/mol. The molecule has 0 bridgehead atoms. The van der Waals surface area contributed by atoms with Crippen LogP contribution in [0.15, 0.2) is 30.3 Å². The summed E-state index contributed by atoms with van der Waals surface area (Å²) in [5.41, 5.74) is 1.02. The van der Waals surface area contributed by atoms with Crippen LogP contribution < -0.4 is 0 Å². The van der Waals surface area contributed by atoms with Gasteiger partial charge >= 0.3 is 6.18 Å². The Labute approximate surface area is 130 Å². The number of halogens is 3. The van der Waals surface area contributed by atoms with Crippen LogP contribution in [0.2, 0.25) is 0 Å². The lowest BCUT2D eigenvalue weighted by Gasteiger charge is -2.33. The summed E-state index contributed by atoms with van der Waals surface area (Å²) in [7, 11) is 0. The number of hydrogen-bond donors (Lipinski definition) is 0. The van der Waals surface area contributed by atoms with E-state index >= 15 is 0 Å². The molecule has 0 spiro atoms. The highest BCUT2D eigenvalue weighted by Crippen LogP contribution is 2.26. The first kappa shape index (κ1) is 15.9. The average Bonchev–Trinajstić information content (AvgIpc) is 2.95. The molecular weight excluding hydrogens is 311 g/mol. The molecule has 0 aliphatic carbocycles. The van der Waals surface area contributed by atoms with Crippen molar-refractivity contribution in [2.75, 3.05) is 19.7 Å². The SMILES string of the molecule is FC(F)(F)C1CN(Cc2nnnn2Cc2ccccc2)CCO1. The van der Waals surface area contributed by atoms with Gasteiger partial charge in [-0.2, -0.15) is 13.2 Å². The van der Waals surface area contributed by atoms with Gasteiger partial charge in [0.1, 0.15) is 0 Å². The second-order valence-corrected chi connectivity index (χ2v) is 5.37. The van der Waals surface area contributed by atoms with Crippen molar-refractivity contribution in [1.82, 2.24) is 25.1 Å². The van der Waals surface area contributed by atoms with Crippen molar-refractivity contribution in [3.63, 3.8) is 0 Å². The van der Waals surface area contributed by atoms with Gasteiger partial charge < -0.3 is 4.74 Å². The van der Waals surface area contributed by atoms with Crippen molar-refractivity contribution < 1.29 is 17.9 Å². The second-order valence-electron chi connectivity index (χ2n) is 5.37. The molecule has 1 unspecified atom stereocenters. The number of ether oxygens (including phenoxy) is 1. The van der Waals surface area contributed by atoms with Crippen LogP contribution in [0.1, 0.15) is 11.4 Å². The number of rotatable bonds is 4. The van der Waals surface area contributed by atoms with Crippen LogP contribution in [0, 0.1) is 0 Å². The third kappa shape index (κ3) is 4.05. The molecular formula is C14H16F3N5O. The lowest BCUT2D eigenvalue weighted by atomic mass is 10.2. The Morgan fingerprint density at radius 2 is 1.96 bits per heavy atom. The van der Waals surface area contributed by atoms with Gasteiger partial charge in [-0.05, 0) is 16.0 Å². The van der Waals surface area contributed by atoms with E-state index in [-0.39, 0.29) is 19.7 Å². The van der Waals surface area contributed by atoms with Gasteiger partial charge in [0.2, 0.25) is 0 Å². The molecule has 3 rings (SSSR count). The second kappa shape index (κ2) is 6.63. The minimum atomic E-state index is -4.35. The Kier molecular flexibility index (Phi) is 4.58. The topological polar surface area (TPSA) is 56.1 Å². The van der Waals surface area contributed by atoms with Gasteiger partial charge in [-0.25, -0.2) is 4.68 Å². The van der Waals surface area contributed by atoms with Crippen molar-refractivity contribution in [2.45, 2.75) is 25.4 Å². The van der Waals surface area contributed by atoms with Crippen molar-refractivity contribution in [2.24, 2.45) is 0 Å². The smallest absolute Gasteiger partial charge is 0.366 e. The van der Waals surface area contributed by atoms with Crippen LogP contribution in [0.25, 0.3) is 0 Å². The molecule has 0 radical (unpaired) electrons. The van der Waals surface area contributed by atoms with Crippen LogP contribution in [0.4, 0.5) is 13.2 Å². The number of hydrogen-bond acceptors (Lipinski definition) is 5. The first-order valence-corrected chi connectivity index (χ1v) is 7.22. The fraction of sp³-hybridized carbons (Fsp3) is 0.500. The molecule has 1 aromatic carbocycles. The first-order valence-electron chi connectivity index (χ1n) is 7.22. The molecule has 0 amide bonds. The van der Waals surface area contributed by atoms with E-state index in [0.29, 0.717) is 18.9 Å². The number of morpholine rings is 1. The number of tetrazole rings is 1. The molecule has 2 aromatic rings. The number of benzene rings is 1. The van der Waals surface area contributed by atoms with E-state index < -0.39 is 12.3 Å². The molecule has 1 saturated heterocycles. The van der Waals surface area contributed by atoms with Crippen LogP contribution in [-0.2, 0) is 17.8 Å². The van der Waals surface area contributed by atoms with Crippen molar-refractivity contribution >= 4 is 0 Å². The Balaban J connectivity index is 1.66. The zero-order valence-electron chi connectivity index (χ0n) is 12.3. The van der Waals surface area contributed by atoms with Crippen molar-refractivity contribution in [3.05, 3.63) is 41.7 Å². The quantitative estimate of drug-likeness (QED) is 0.851. The molecule has 0 N–H and O–H groups in total. The zero-order chi connectivity index (χ0) is 16.3. The maximum absolute atomic E-state index is 12.8. The van der Waals surface area contributed by atoms with E-state index in [9.17, 15) is 13.2 Å². The number of alkyl halides is 3. The molecule has 1 aliphatic heterocycles. The van der Waals surface area contributed by atoms with Gasteiger partial charge in [-0.1, -0.05) is 30.3 Å². The third-order valence-corrected chi connectivity index (χ3v) is 3.66. The van der Waals surface area contributed by atoms with Gasteiger partial charge in [0.25, 0.3) is 0 Å². The van der Waals surface area contributed by atoms with Gasteiger partial charge in [-0.15, -0.1) is 5.10 Å². The minimum Gasteiger partial charge on any atom is -0.366 e. The van der Waals surface area contributed by atoms with Crippen molar-refractivity contribution in [1.29, 1.82) is 0 Å². The van der Waals surface area contributed by atoms with Gasteiger partial charge in [0.05, 0.1) is 19.7 Å². The fourth-order valence-electron chi connectivity index (χ4n) is 2.46.